The van der Waals surface area contributed by atoms with Gasteiger partial charge in [-0.2, -0.15) is 0 Å². The standard InChI is InChI=1S/C20H28N4O3S/c1-28(26,27)15-19-21-17-8-4-5-9-18(17)24(19)14-20(25)23-12-10-22(11-13-23)16-6-2-3-7-16/h4-5,8-9,16H,2-3,6-7,10-15H2,1H3. The van der Waals surface area contributed by atoms with Crippen LogP contribution in [0.25, 0.3) is 11.0 Å². The van der Waals surface area contributed by atoms with E-state index < -0.39 is 9.84 Å². The maximum absolute atomic E-state index is 13.0. The molecule has 28 heavy (non-hydrogen) atoms. The van der Waals surface area contributed by atoms with Crippen LogP contribution >= 0.6 is 0 Å². The fraction of sp³-hybridized carbons (Fsp3) is 0.600. The number of para-hydroxylation sites is 2. The Balaban J connectivity index is 1.48. The summed E-state index contributed by atoms with van der Waals surface area (Å²) in [5.41, 5.74) is 1.53. The minimum Gasteiger partial charge on any atom is -0.339 e. The summed E-state index contributed by atoms with van der Waals surface area (Å²) in [6.07, 6.45) is 6.40. The highest BCUT2D eigenvalue weighted by Crippen LogP contribution is 2.24. The van der Waals surface area contributed by atoms with Gasteiger partial charge >= 0.3 is 0 Å². The minimum absolute atomic E-state index is 0.0315. The summed E-state index contributed by atoms with van der Waals surface area (Å²) < 4.78 is 25.4. The van der Waals surface area contributed by atoms with Crippen molar-refractivity contribution in [3.63, 3.8) is 0 Å². The molecule has 1 aliphatic carbocycles. The number of carbonyl (C=O) groups is 1. The van der Waals surface area contributed by atoms with E-state index in [0.29, 0.717) is 11.9 Å². The van der Waals surface area contributed by atoms with Crippen LogP contribution in [0.3, 0.4) is 0 Å². The molecule has 0 bridgehead atoms. The lowest BCUT2D eigenvalue weighted by Gasteiger charge is -2.38. The fourth-order valence-corrected chi connectivity index (χ4v) is 5.18. The topological polar surface area (TPSA) is 75.5 Å². The summed E-state index contributed by atoms with van der Waals surface area (Å²) in [5, 5.41) is 0. The summed E-state index contributed by atoms with van der Waals surface area (Å²) in [7, 11) is -3.24. The molecule has 0 N–H and O–H groups in total. The van der Waals surface area contributed by atoms with E-state index in [1.807, 2.05) is 29.2 Å². The van der Waals surface area contributed by atoms with Crippen molar-refractivity contribution in [3.05, 3.63) is 30.1 Å². The molecule has 1 saturated heterocycles. The average Bonchev–Trinajstić information content (AvgIpc) is 3.30. The number of carbonyl (C=O) groups excluding carboxylic acids is 1. The van der Waals surface area contributed by atoms with Gasteiger partial charge in [0, 0.05) is 38.5 Å². The molecule has 2 heterocycles. The van der Waals surface area contributed by atoms with Crippen LogP contribution in [-0.2, 0) is 26.9 Å². The number of imidazole rings is 1. The van der Waals surface area contributed by atoms with Crippen molar-refractivity contribution in [2.75, 3.05) is 32.4 Å². The van der Waals surface area contributed by atoms with Crippen LogP contribution in [0.2, 0.25) is 0 Å². The van der Waals surface area contributed by atoms with Crippen molar-refractivity contribution in [2.45, 2.75) is 44.0 Å². The number of rotatable bonds is 5. The lowest BCUT2D eigenvalue weighted by Crippen LogP contribution is -2.52. The van der Waals surface area contributed by atoms with Gasteiger partial charge in [0.15, 0.2) is 9.84 Å². The molecule has 8 heteroatoms. The molecule has 2 aliphatic rings. The van der Waals surface area contributed by atoms with E-state index >= 15 is 0 Å². The highest BCUT2D eigenvalue weighted by atomic mass is 32.2. The number of nitrogens with zero attached hydrogens (tertiary/aromatic N) is 4. The van der Waals surface area contributed by atoms with Crippen LogP contribution in [-0.4, -0.2) is 72.2 Å². The average molecular weight is 405 g/mol. The summed E-state index contributed by atoms with van der Waals surface area (Å²) in [6, 6.07) is 8.18. The molecule has 1 aromatic carbocycles. The predicted molar refractivity (Wildman–Crippen MR) is 109 cm³/mol. The number of hydrogen-bond acceptors (Lipinski definition) is 5. The second-order valence-corrected chi connectivity index (χ2v) is 10.2. The van der Waals surface area contributed by atoms with Gasteiger partial charge < -0.3 is 9.47 Å². The van der Waals surface area contributed by atoms with Gasteiger partial charge in [-0.1, -0.05) is 25.0 Å². The zero-order valence-corrected chi connectivity index (χ0v) is 17.2. The summed E-state index contributed by atoms with van der Waals surface area (Å²) in [4.78, 5) is 21.9. The molecule has 7 nitrogen and oxygen atoms in total. The molecule has 0 spiro atoms. The maximum Gasteiger partial charge on any atom is 0.242 e. The highest BCUT2D eigenvalue weighted by Gasteiger charge is 2.28. The van der Waals surface area contributed by atoms with E-state index in [1.54, 1.807) is 4.57 Å². The van der Waals surface area contributed by atoms with Crippen LogP contribution in [0, 0.1) is 0 Å². The normalized spacial score (nSPS) is 19.5. The first-order valence-corrected chi connectivity index (χ1v) is 12.1. The maximum atomic E-state index is 13.0. The lowest BCUT2D eigenvalue weighted by atomic mass is 10.2. The molecular weight excluding hydrogens is 376 g/mol. The lowest BCUT2D eigenvalue weighted by molar-refractivity contribution is -0.133. The van der Waals surface area contributed by atoms with Crippen LogP contribution in [0.5, 0.6) is 0 Å². The number of fused-ring (bicyclic) bond motifs is 1. The van der Waals surface area contributed by atoms with Gasteiger partial charge in [-0.25, -0.2) is 13.4 Å². The van der Waals surface area contributed by atoms with E-state index in [0.717, 1.165) is 37.2 Å². The van der Waals surface area contributed by atoms with Crippen LogP contribution in [0.4, 0.5) is 0 Å². The predicted octanol–water partition coefficient (Wildman–Crippen LogP) is 1.67. The fourth-order valence-electron chi connectivity index (χ4n) is 4.49. The van der Waals surface area contributed by atoms with Gasteiger partial charge in [0.2, 0.25) is 5.91 Å². The molecule has 1 aliphatic heterocycles. The molecule has 1 saturated carbocycles. The first-order valence-electron chi connectivity index (χ1n) is 10.0. The number of sulfone groups is 1. The van der Waals surface area contributed by atoms with Gasteiger partial charge in [-0.3, -0.25) is 9.69 Å². The Labute approximate surface area is 166 Å². The third-order valence-corrected chi connectivity index (χ3v) is 6.71. The molecule has 0 unspecified atom stereocenters. The second kappa shape index (κ2) is 7.83. The highest BCUT2D eigenvalue weighted by molar-refractivity contribution is 7.89. The third-order valence-electron chi connectivity index (χ3n) is 5.93. The Kier molecular flexibility index (Phi) is 5.42. The monoisotopic (exact) mass is 404 g/mol. The number of aromatic nitrogens is 2. The summed E-state index contributed by atoms with van der Waals surface area (Å²) >= 11 is 0. The van der Waals surface area contributed by atoms with Crippen LogP contribution in [0.15, 0.2) is 24.3 Å². The Bertz CT molecular complexity index is 955. The Morgan fingerprint density at radius 3 is 2.46 bits per heavy atom. The number of piperazine rings is 1. The van der Waals surface area contributed by atoms with E-state index in [4.69, 9.17) is 0 Å². The Hall–Kier alpha value is -1.93. The van der Waals surface area contributed by atoms with Gasteiger partial charge in [-0.05, 0) is 25.0 Å². The summed E-state index contributed by atoms with van der Waals surface area (Å²) in [5.74, 6) is 0.301. The number of amides is 1. The second-order valence-electron chi connectivity index (χ2n) is 8.03. The molecule has 4 rings (SSSR count). The summed E-state index contributed by atoms with van der Waals surface area (Å²) in [6.45, 7) is 3.47. The zero-order valence-electron chi connectivity index (χ0n) is 16.4. The largest absolute Gasteiger partial charge is 0.339 e. The molecule has 0 radical (unpaired) electrons. The first kappa shape index (κ1) is 19.4. The molecule has 2 fully saturated rings. The van der Waals surface area contributed by atoms with Crippen molar-refractivity contribution in [3.8, 4) is 0 Å². The number of benzene rings is 1. The van der Waals surface area contributed by atoms with E-state index in [-0.39, 0.29) is 18.2 Å². The van der Waals surface area contributed by atoms with Crippen LogP contribution < -0.4 is 0 Å². The first-order chi connectivity index (χ1) is 13.4. The number of hydrogen-bond donors (Lipinski definition) is 0. The van der Waals surface area contributed by atoms with E-state index in [9.17, 15) is 13.2 Å². The van der Waals surface area contributed by atoms with Gasteiger partial charge in [0.05, 0.1) is 11.0 Å². The molecule has 2 aromatic rings. The van der Waals surface area contributed by atoms with E-state index in [1.165, 1.54) is 31.9 Å². The van der Waals surface area contributed by atoms with Crippen molar-refractivity contribution in [1.82, 2.24) is 19.4 Å². The zero-order chi connectivity index (χ0) is 19.7. The smallest absolute Gasteiger partial charge is 0.242 e. The molecule has 1 amide bonds. The van der Waals surface area contributed by atoms with Crippen molar-refractivity contribution < 1.29 is 13.2 Å². The Morgan fingerprint density at radius 2 is 1.79 bits per heavy atom. The molecule has 0 atom stereocenters. The van der Waals surface area contributed by atoms with Gasteiger partial charge in [-0.15, -0.1) is 0 Å². The van der Waals surface area contributed by atoms with E-state index in [2.05, 4.69) is 9.88 Å². The van der Waals surface area contributed by atoms with Gasteiger partial charge in [0.25, 0.3) is 0 Å². The third kappa shape index (κ3) is 4.22. The molecule has 1 aromatic heterocycles. The van der Waals surface area contributed by atoms with Crippen LogP contribution in [0.1, 0.15) is 31.5 Å². The Morgan fingerprint density at radius 1 is 1.11 bits per heavy atom. The SMILES string of the molecule is CS(=O)(=O)Cc1nc2ccccc2n1CC(=O)N1CCN(C2CCCC2)CC1. The van der Waals surface area contributed by atoms with Crippen molar-refractivity contribution in [2.24, 2.45) is 0 Å². The molecular formula is C20H28N4O3S. The quantitative estimate of drug-likeness (QED) is 0.758. The molecule has 152 valence electrons. The minimum atomic E-state index is -3.24. The van der Waals surface area contributed by atoms with Crippen molar-refractivity contribution in [1.29, 1.82) is 0 Å². The van der Waals surface area contributed by atoms with Gasteiger partial charge in [0.1, 0.15) is 18.1 Å². The van der Waals surface area contributed by atoms with Crippen molar-refractivity contribution >= 4 is 26.8 Å².